The van der Waals surface area contributed by atoms with Gasteiger partial charge in [0.15, 0.2) is 0 Å². The Morgan fingerprint density at radius 2 is 0.684 bits per heavy atom. The van der Waals surface area contributed by atoms with Crippen molar-refractivity contribution in [3.63, 3.8) is 0 Å². The SMILES string of the molecule is CC(C)(C)[O][Sn]([O]C(C)(C)C)[O]C(C)(C)C.[Sn].[Tl].[Tl]. The largest absolute Gasteiger partial charge is 0 e. The molecule has 0 aliphatic heterocycles. The molecule has 107 valence electrons. The van der Waals surface area contributed by atoms with Crippen molar-refractivity contribution in [3.8, 4) is 0 Å². The molecule has 0 N–H and O–H groups in total. The topological polar surface area (TPSA) is 27.7 Å². The normalized spacial score (nSPS) is 12.3. The Hall–Kier alpha value is 3.32. The van der Waals surface area contributed by atoms with E-state index in [9.17, 15) is 0 Å². The van der Waals surface area contributed by atoms with E-state index in [-0.39, 0.29) is 95.3 Å². The second kappa shape index (κ2) is 11.8. The predicted octanol–water partition coefficient (Wildman–Crippen LogP) is 2.27. The van der Waals surface area contributed by atoms with Gasteiger partial charge in [0.1, 0.15) is 0 Å². The number of rotatable bonds is 3. The van der Waals surface area contributed by atoms with E-state index < -0.39 is 21.0 Å². The van der Waals surface area contributed by atoms with E-state index >= 15 is 0 Å². The maximum Gasteiger partial charge on any atom is 0 e. The summed E-state index contributed by atoms with van der Waals surface area (Å²) in [6, 6.07) is 0. The fourth-order valence-electron chi connectivity index (χ4n) is 0.812. The van der Waals surface area contributed by atoms with E-state index in [2.05, 4.69) is 0 Å². The minimum Gasteiger partial charge on any atom is 0 e. The molecule has 0 aliphatic rings. The average Bonchev–Trinajstić information content (AvgIpc) is 1.70. The summed E-state index contributed by atoms with van der Waals surface area (Å²) < 4.78 is 17.8. The van der Waals surface area contributed by atoms with Crippen LogP contribution in [0.3, 0.4) is 0 Å². The van der Waals surface area contributed by atoms with Crippen molar-refractivity contribution in [2.75, 3.05) is 0 Å². The summed E-state index contributed by atoms with van der Waals surface area (Å²) in [5.74, 6) is 0. The molecule has 0 bridgehead atoms. The van der Waals surface area contributed by atoms with Crippen molar-refractivity contribution < 1.29 is 9.22 Å². The molecule has 0 aliphatic carbocycles. The maximum atomic E-state index is 5.94. The zero-order valence-electron chi connectivity index (χ0n) is 13.9. The Morgan fingerprint density at radius 3 is 0.789 bits per heavy atom. The predicted molar refractivity (Wildman–Crippen MR) is 85.5 cm³/mol. The second-order valence-corrected chi connectivity index (χ2v) is 10.1. The van der Waals surface area contributed by atoms with E-state index in [4.69, 9.17) is 9.22 Å². The quantitative estimate of drug-likeness (QED) is 0.409. The molecule has 0 rings (SSSR count). The van der Waals surface area contributed by atoms with Crippen LogP contribution >= 0.6 is 0 Å². The van der Waals surface area contributed by atoms with Crippen LogP contribution < -0.4 is 0 Å². The van der Waals surface area contributed by atoms with E-state index in [1.165, 1.54) is 0 Å². The Kier molecular flexibility index (Phi) is 18.8. The first kappa shape index (κ1) is 30.2. The Bertz CT molecular complexity index is 182. The number of hydrogen-bond acceptors (Lipinski definition) is 3. The first-order chi connectivity index (χ1) is 6.79. The van der Waals surface area contributed by atoms with Crippen LogP contribution in [0.25, 0.3) is 0 Å². The molecule has 0 amide bonds. The zero-order chi connectivity index (χ0) is 13.2. The fraction of sp³-hybridized carbons (Fsp3) is 1.00. The van der Waals surface area contributed by atoms with Crippen molar-refractivity contribution in [1.82, 2.24) is 0 Å². The van der Waals surface area contributed by atoms with Gasteiger partial charge in [-0.15, -0.1) is 0 Å². The third-order valence-electron chi connectivity index (χ3n) is 1.17. The summed E-state index contributed by atoms with van der Waals surface area (Å²) >= 11 is -2.72. The molecule has 0 aromatic carbocycles. The Balaban J connectivity index is -0.000000375. The van der Waals surface area contributed by atoms with E-state index in [0.717, 1.165) is 0 Å². The summed E-state index contributed by atoms with van der Waals surface area (Å²) in [5.41, 5.74) is -0.609. The van der Waals surface area contributed by atoms with Gasteiger partial charge in [0.25, 0.3) is 0 Å². The molecule has 0 heterocycles. The Morgan fingerprint density at radius 1 is 0.526 bits per heavy atom. The van der Waals surface area contributed by atoms with Gasteiger partial charge in [-0.05, 0) is 0 Å². The van der Waals surface area contributed by atoms with Gasteiger partial charge < -0.3 is 0 Å². The molecule has 7 heteroatoms. The molecule has 0 atom stereocenters. The minimum absolute atomic E-state index is 0. The zero-order valence-corrected chi connectivity index (χ0v) is 28.6. The van der Waals surface area contributed by atoms with E-state index in [1.54, 1.807) is 0 Å². The molecule has 0 saturated carbocycles. The van der Waals surface area contributed by atoms with Crippen LogP contribution in [0.4, 0.5) is 0 Å². The fourth-order valence-corrected chi connectivity index (χ4v) is 5.45. The van der Waals surface area contributed by atoms with Gasteiger partial charge in [-0.25, -0.2) is 0 Å². The smallest absolute Gasteiger partial charge is 0 e. The average molecular weight is 866 g/mol. The molecule has 3 nitrogen and oxygen atoms in total. The standard InChI is InChI=1S/3C4H9O.2Sn.2Tl/c3*1-4(2,3)5;;;;/h3*1-3H3;;;;/q3*-1;;+3;;. The van der Waals surface area contributed by atoms with Gasteiger partial charge in [-0.3, -0.25) is 0 Å². The van der Waals surface area contributed by atoms with Crippen LogP contribution in [0.1, 0.15) is 62.3 Å². The van der Waals surface area contributed by atoms with Crippen molar-refractivity contribution in [2.24, 2.45) is 0 Å². The van der Waals surface area contributed by atoms with E-state index in [0.29, 0.717) is 0 Å². The summed E-state index contributed by atoms with van der Waals surface area (Å²) in [6.07, 6.45) is 0. The van der Waals surface area contributed by atoms with Crippen molar-refractivity contribution in [1.29, 1.82) is 0 Å². The van der Waals surface area contributed by atoms with Crippen LogP contribution in [0.15, 0.2) is 0 Å². The summed E-state index contributed by atoms with van der Waals surface area (Å²) in [6.45, 7) is 18.3. The van der Waals surface area contributed by atoms with Crippen LogP contribution in [0, 0.1) is 0 Å². The van der Waals surface area contributed by atoms with E-state index in [1.807, 2.05) is 62.3 Å². The van der Waals surface area contributed by atoms with Gasteiger partial charge >= 0.3 is 109 Å². The Labute approximate surface area is 185 Å². The third-order valence-corrected chi connectivity index (χ3v) is 7.84. The molecule has 0 aromatic heterocycles. The van der Waals surface area contributed by atoms with Crippen molar-refractivity contribution in [2.45, 2.75) is 79.1 Å². The van der Waals surface area contributed by atoms with Gasteiger partial charge in [0, 0.05) is 78.5 Å². The van der Waals surface area contributed by atoms with Gasteiger partial charge in [0.05, 0.1) is 0 Å². The first-order valence-corrected chi connectivity index (χ1v) is 9.22. The molecule has 0 unspecified atom stereocenters. The van der Waals surface area contributed by atoms with Gasteiger partial charge in [-0.1, -0.05) is 0 Å². The minimum atomic E-state index is -2.72. The monoisotopic (exact) mass is 869 g/mol. The molecular formula is C12H27O3Sn2Tl2. The summed E-state index contributed by atoms with van der Waals surface area (Å²) in [7, 11) is 0. The maximum absolute atomic E-state index is 5.94. The van der Waals surface area contributed by atoms with Crippen LogP contribution in [-0.2, 0) is 9.22 Å². The molecule has 0 saturated heterocycles. The molecule has 0 spiro atoms. The summed E-state index contributed by atoms with van der Waals surface area (Å²) in [5, 5.41) is 0. The van der Waals surface area contributed by atoms with Crippen molar-refractivity contribution in [3.05, 3.63) is 0 Å². The van der Waals surface area contributed by atoms with Crippen LogP contribution in [-0.4, -0.2) is 116 Å². The molecule has 0 aromatic rings. The molecule has 0 fully saturated rings. The van der Waals surface area contributed by atoms with Gasteiger partial charge in [0.2, 0.25) is 0 Å². The third kappa shape index (κ3) is 23.7. The molecule has 19 heavy (non-hydrogen) atoms. The van der Waals surface area contributed by atoms with Gasteiger partial charge in [-0.2, -0.15) is 0 Å². The van der Waals surface area contributed by atoms with Crippen LogP contribution in [0.5, 0.6) is 0 Å². The molecular weight excluding hydrogens is 838 g/mol. The molecule has 7 radical (unpaired) electrons. The second-order valence-electron chi connectivity index (χ2n) is 6.89. The van der Waals surface area contributed by atoms with Crippen LogP contribution in [0.2, 0.25) is 0 Å². The summed E-state index contributed by atoms with van der Waals surface area (Å²) in [4.78, 5) is 0. The first-order valence-electron chi connectivity index (χ1n) is 5.72. The number of hydrogen-bond donors (Lipinski definition) is 0. The van der Waals surface area contributed by atoms with Crippen molar-refractivity contribution >= 4 is 99.5 Å².